The summed E-state index contributed by atoms with van der Waals surface area (Å²) in [5.74, 6) is -0.867. The minimum atomic E-state index is -1.44. The van der Waals surface area contributed by atoms with Crippen molar-refractivity contribution in [2.24, 2.45) is 16.1 Å². The molecule has 18 heteroatoms. The molecule has 6 N–H and O–H groups in total. The van der Waals surface area contributed by atoms with Crippen LogP contribution in [0.2, 0.25) is 0 Å². The number of aromatic amines is 1. The fourth-order valence-electron chi connectivity index (χ4n) is 8.57. The molecule has 350 valence electrons. The number of phenolic OH excluding ortho intramolecular Hbond substituents is 1. The number of aromatic nitrogens is 4. The van der Waals surface area contributed by atoms with E-state index in [4.69, 9.17) is 19.9 Å². The lowest BCUT2D eigenvalue weighted by Gasteiger charge is -2.42. The van der Waals surface area contributed by atoms with Crippen LogP contribution in [0.1, 0.15) is 65.6 Å². The molecule has 10 rings (SSSR count). The van der Waals surface area contributed by atoms with Crippen LogP contribution in [0.25, 0.3) is 11.2 Å². The number of azo groups is 1. The Hall–Kier alpha value is -9.19. The third-order valence-electron chi connectivity index (χ3n) is 12.1. The van der Waals surface area contributed by atoms with Crippen LogP contribution in [0.5, 0.6) is 17.4 Å². The number of nitrogens with one attached hydrogen (secondary N) is 3. The standard InChI is InChI=1S/C52H44N10O8/c1-62(2)35-16-14-34(15-17-35)61-60-33-12-9-31(10-13-33)47(65)54-23-3-4-44-56-45-46(57-44)58-51(53)59-49(45)68-28-30-7-5-29(6-8-30)27-55-48(66)32-11-20-38-41(24-32)52(70-50(38)67)39-21-18-36(63)25-42(39)69-43-26-37(64)19-22-40(43)52/h5-22,24-26,39,64H,3-4,23,27-28H2,1-2H3,(H,54,65)(H,55,66)(H3,53,56,57,58,59). The summed E-state index contributed by atoms with van der Waals surface area (Å²) in [4.78, 5) is 70.6. The number of carbonyl (C=O) groups is 4. The molecule has 2 aliphatic heterocycles. The third kappa shape index (κ3) is 8.88. The van der Waals surface area contributed by atoms with E-state index in [2.05, 4.69) is 40.8 Å². The molecule has 18 nitrogen and oxygen atoms in total. The van der Waals surface area contributed by atoms with Crippen LogP contribution in [-0.2, 0) is 34.7 Å². The molecule has 1 aliphatic carbocycles. The largest absolute Gasteiger partial charge is 0.508 e. The van der Waals surface area contributed by atoms with E-state index in [1.807, 2.05) is 67.5 Å². The normalized spacial score (nSPS) is 16.5. The van der Waals surface area contributed by atoms with Gasteiger partial charge in [-0.15, -0.1) is 0 Å². The second kappa shape index (κ2) is 18.5. The number of rotatable bonds is 14. The van der Waals surface area contributed by atoms with Gasteiger partial charge in [-0.25, -0.2) is 9.78 Å². The maximum absolute atomic E-state index is 13.6. The fraction of sp³-hybridized carbons (Fsp3) is 0.173. The molecule has 2 atom stereocenters. The van der Waals surface area contributed by atoms with Gasteiger partial charge in [-0.3, -0.25) is 14.4 Å². The van der Waals surface area contributed by atoms with Crippen LogP contribution < -0.4 is 30.7 Å². The number of allylic oxidation sites excluding steroid dienone is 2. The molecule has 0 radical (unpaired) electrons. The number of aromatic hydroxyl groups is 1. The van der Waals surface area contributed by atoms with Gasteiger partial charge in [-0.2, -0.15) is 20.2 Å². The van der Waals surface area contributed by atoms with Crippen molar-refractivity contribution in [1.29, 1.82) is 0 Å². The zero-order valence-electron chi connectivity index (χ0n) is 37.8. The number of imidazole rings is 1. The van der Waals surface area contributed by atoms with Gasteiger partial charge in [0.1, 0.15) is 35.2 Å². The number of phenols is 1. The van der Waals surface area contributed by atoms with E-state index in [9.17, 15) is 24.3 Å². The molecule has 2 unspecified atom stereocenters. The second-order valence-electron chi connectivity index (χ2n) is 17.0. The molecule has 5 aromatic carbocycles. The van der Waals surface area contributed by atoms with Crippen molar-refractivity contribution < 1.29 is 38.5 Å². The Morgan fingerprint density at radius 1 is 0.843 bits per heavy atom. The summed E-state index contributed by atoms with van der Waals surface area (Å²) in [6.45, 7) is 0.760. The predicted molar refractivity (Wildman–Crippen MR) is 257 cm³/mol. The lowest BCUT2D eigenvalue weighted by atomic mass is 9.71. The Labute approximate surface area is 400 Å². The zero-order chi connectivity index (χ0) is 48.5. The SMILES string of the molecule is CN(C)c1ccc(N=Nc2ccc(C(=O)NCCCc3nc4nc(N)nc(OCc5ccc(CNC(=O)c6ccc7c(c6)C6(OC7=O)c7ccc(O)cc7OC7=CC(=O)C=CC76)cc5)c4[nH]3)cc2)cc1. The van der Waals surface area contributed by atoms with Gasteiger partial charge in [-0.1, -0.05) is 30.3 Å². The summed E-state index contributed by atoms with van der Waals surface area (Å²) < 4.78 is 18.3. The quantitative estimate of drug-likeness (QED) is 0.0405. The van der Waals surface area contributed by atoms with Crippen molar-refractivity contribution in [2.45, 2.75) is 31.6 Å². The third-order valence-corrected chi connectivity index (χ3v) is 12.1. The maximum Gasteiger partial charge on any atom is 0.339 e. The van der Waals surface area contributed by atoms with Crippen molar-refractivity contribution in [2.75, 3.05) is 31.3 Å². The molecule has 1 spiro atoms. The topological polar surface area (TPSA) is 249 Å². The fourth-order valence-corrected chi connectivity index (χ4v) is 8.57. The van der Waals surface area contributed by atoms with E-state index < -0.39 is 17.5 Å². The summed E-state index contributed by atoms with van der Waals surface area (Å²) in [5, 5.41) is 24.7. The number of ether oxygens (including phenoxy) is 3. The summed E-state index contributed by atoms with van der Waals surface area (Å²) in [6, 6.07) is 31.4. The molecular weight excluding hydrogens is 893 g/mol. The number of esters is 1. The summed E-state index contributed by atoms with van der Waals surface area (Å²) >= 11 is 0. The van der Waals surface area contributed by atoms with E-state index in [0.29, 0.717) is 64.3 Å². The molecular formula is C52H44N10O8. The molecule has 0 bridgehead atoms. The summed E-state index contributed by atoms with van der Waals surface area (Å²) in [5.41, 5.74) is 11.5. The smallest absolute Gasteiger partial charge is 0.339 e. The van der Waals surface area contributed by atoms with Crippen LogP contribution in [-0.4, -0.2) is 69.2 Å². The average molecular weight is 937 g/mol. The number of fused-ring (bicyclic) bond motifs is 7. The first-order valence-corrected chi connectivity index (χ1v) is 22.3. The van der Waals surface area contributed by atoms with Crippen LogP contribution >= 0.6 is 0 Å². The highest BCUT2D eigenvalue weighted by molar-refractivity contribution is 6.02. The van der Waals surface area contributed by atoms with Gasteiger partial charge in [0.05, 0.1) is 22.9 Å². The van der Waals surface area contributed by atoms with E-state index in [1.54, 1.807) is 54.6 Å². The lowest BCUT2D eigenvalue weighted by Crippen LogP contribution is -2.42. The van der Waals surface area contributed by atoms with E-state index in [1.165, 1.54) is 24.3 Å². The molecule has 0 saturated carbocycles. The minimum absolute atomic E-state index is 0.00415. The van der Waals surface area contributed by atoms with Crippen LogP contribution in [0.3, 0.4) is 0 Å². The first kappa shape index (κ1) is 44.6. The number of carbonyl (C=O) groups excluding carboxylic acids is 4. The van der Waals surface area contributed by atoms with Crippen molar-refractivity contribution in [3.05, 3.63) is 178 Å². The van der Waals surface area contributed by atoms with Crippen LogP contribution in [0.4, 0.5) is 23.0 Å². The van der Waals surface area contributed by atoms with Gasteiger partial charge in [0.25, 0.3) is 11.8 Å². The van der Waals surface area contributed by atoms with Crippen molar-refractivity contribution in [1.82, 2.24) is 30.6 Å². The number of nitrogens with two attached hydrogens (primary N) is 1. The van der Waals surface area contributed by atoms with Gasteiger partial charge in [0.15, 0.2) is 17.0 Å². The zero-order valence-corrected chi connectivity index (χ0v) is 37.8. The van der Waals surface area contributed by atoms with Gasteiger partial charge in [0.2, 0.25) is 11.8 Å². The second-order valence-corrected chi connectivity index (χ2v) is 17.0. The van der Waals surface area contributed by atoms with Gasteiger partial charge >= 0.3 is 5.97 Å². The van der Waals surface area contributed by atoms with E-state index in [0.717, 1.165) is 22.5 Å². The number of anilines is 2. The summed E-state index contributed by atoms with van der Waals surface area (Å²) in [6.07, 6.45) is 5.47. The Balaban J connectivity index is 0.726. The lowest BCUT2D eigenvalue weighted by molar-refractivity contribution is -0.111. The Kier molecular flexibility index (Phi) is 11.8. The number of nitrogens with zero attached hydrogens (tertiary/aromatic N) is 6. The number of benzene rings is 5. The molecule has 70 heavy (non-hydrogen) atoms. The predicted octanol–water partition coefficient (Wildman–Crippen LogP) is 7.44. The van der Waals surface area contributed by atoms with Crippen molar-refractivity contribution >= 4 is 57.7 Å². The highest BCUT2D eigenvalue weighted by Gasteiger charge is 2.58. The highest BCUT2D eigenvalue weighted by atomic mass is 16.6. The number of nitrogen functional groups attached to an aromatic ring is 1. The van der Waals surface area contributed by atoms with Crippen molar-refractivity contribution in [3.8, 4) is 17.4 Å². The number of H-pyrrole nitrogens is 1. The molecule has 0 saturated heterocycles. The maximum atomic E-state index is 13.6. The van der Waals surface area contributed by atoms with E-state index >= 15 is 0 Å². The van der Waals surface area contributed by atoms with Gasteiger partial charge in [-0.05, 0) is 102 Å². The molecule has 2 amide bonds. The van der Waals surface area contributed by atoms with E-state index in [-0.39, 0.29) is 65.4 Å². The number of hydrogen-bond acceptors (Lipinski definition) is 15. The Morgan fingerprint density at radius 2 is 1.56 bits per heavy atom. The number of ketones is 1. The molecule has 4 heterocycles. The highest BCUT2D eigenvalue weighted by Crippen LogP contribution is 2.57. The average Bonchev–Trinajstić information content (AvgIpc) is 3.90. The van der Waals surface area contributed by atoms with Gasteiger partial charge in [0, 0.05) is 73.7 Å². The summed E-state index contributed by atoms with van der Waals surface area (Å²) in [7, 11) is 3.95. The Morgan fingerprint density at radius 3 is 2.31 bits per heavy atom. The molecule has 3 aliphatic rings. The monoisotopic (exact) mass is 936 g/mol. The van der Waals surface area contributed by atoms with Gasteiger partial charge < -0.3 is 45.6 Å². The first-order chi connectivity index (χ1) is 33.9. The van der Waals surface area contributed by atoms with Crippen molar-refractivity contribution in [3.63, 3.8) is 0 Å². The number of amides is 2. The van der Waals surface area contributed by atoms with Crippen LogP contribution in [0, 0.1) is 5.92 Å². The molecule has 7 aromatic rings. The first-order valence-electron chi connectivity index (χ1n) is 22.3. The minimum Gasteiger partial charge on any atom is -0.508 e. The molecule has 0 fully saturated rings. The van der Waals surface area contributed by atoms with Crippen LogP contribution in [0.15, 0.2) is 143 Å². The number of aryl methyl sites for hydroxylation is 1. The molecule has 2 aromatic heterocycles. The Bertz CT molecular complexity index is 3310. The number of hydrogen-bond donors (Lipinski definition) is 5.